The zero-order valence-electron chi connectivity index (χ0n) is 19.9. The summed E-state index contributed by atoms with van der Waals surface area (Å²) in [6.45, 7) is 1.77. The smallest absolute Gasteiger partial charge is 0.230 e. The van der Waals surface area contributed by atoms with Crippen molar-refractivity contribution in [1.29, 1.82) is 0 Å². The summed E-state index contributed by atoms with van der Waals surface area (Å²) in [5.74, 6) is 0.0419. The fourth-order valence-corrected chi connectivity index (χ4v) is 7.20. The van der Waals surface area contributed by atoms with Crippen LogP contribution < -0.4 is 4.90 Å². The third kappa shape index (κ3) is 5.84. The molecule has 0 atom stereocenters. The van der Waals surface area contributed by atoms with E-state index in [1.54, 1.807) is 22.7 Å². The lowest BCUT2D eigenvalue weighted by Crippen LogP contribution is -2.38. The molecule has 1 saturated heterocycles. The highest BCUT2D eigenvalue weighted by Crippen LogP contribution is 2.50. The lowest BCUT2D eigenvalue weighted by atomic mass is 9.88. The number of anilines is 1. The monoisotopic (exact) mass is 535 g/mol. The molecule has 0 bridgehead atoms. The molecule has 0 radical (unpaired) electrons. The standard InChI is InChI=1S/C28H32Cl2FNO2S/c29-22-8-10-23(11-9-22)35-28(12-14-34-15-13-28)21-16-24(30)26(25(31)17-21)32(27(33)20-6-7-20)18-19-4-2-1-3-5-19/h8-11,16-17,19-20H,1-7,12-15,18H2. The van der Waals surface area contributed by atoms with Gasteiger partial charge in [-0.3, -0.25) is 4.79 Å². The normalized spacial score (nSPS) is 20.5. The van der Waals surface area contributed by atoms with Crippen molar-refractivity contribution >= 4 is 46.6 Å². The second-order valence-electron chi connectivity index (χ2n) is 10.2. The molecule has 2 aromatic rings. The van der Waals surface area contributed by atoms with Crippen LogP contribution in [0.25, 0.3) is 0 Å². The number of rotatable bonds is 7. The van der Waals surface area contributed by atoms with Crippen molar-refractivity contribution in [1.82, 2.24) is 0 Å². The van der Waals surface area contributed by atoms with E-state index in [4.69, 9.17) is 27.9 Å². The molecular weight excluding hydrogens is 504 g/mol. The Labute approximate surface area is 221 Å². The number of amides is 1. The number of carbonyl (C=O) groups is 1. The highest BCUT2D eigenvalue weighted by Gasteiger charge is 2.40. The van der Waals surface area contributed by atoms with E-state index in [0.717, 1.165) is 49.0 Å². The number of hydrogen-bond acceptors (Lipinski definition) is 3. The number of halogens is 3. The van der Waals surface area contributed by atoms with Crippen LogP contribution in [0.5, 0.6) is 0 Å². The van der Waals surface area contributed by atoms with Gasteiger partial charge in [0.1, 0.15) is 5.82 Å². The molecule has 3 aliphatic rings. The first-order chi connectivity index (χ1) is 16.9. The Balaban J connectivity index is 1.48. The fourth-order valence-electron chi connectivity index (χ4n) is 5.44. The van der Waals surface area contributed by atoms with Gasteiger partial charge < -0.3 is 9.64 Å². The van der Waals surface area contributed by atoms with Crippen molar-refractivity contribution in [2.45, 2.75) is 67.4 Å². The van der Waals surface area contributed by atoms with Crippen molar-refractivity contribution in [2.75, 3.05) is 24.7 Å². The van der Waals surface area contributed by atoms with Gasteiger partial charge in [0.2, 0.25) is 5.91 Å². The predicted octanol–water partition coefficient (Wildman–Crippen LogP) is 8.25. The summed E-state index contributed by atoms with van der Waals surface area (Å²) < 4.78 is 21.2. The molecule has 0 unspecified atom stereocenters. The van der Waals surface area contributed by atoms with E-state index in [-0.39, 0.29) is 22.3 Å². The molecule has 5 rings (SSSR count). The van der Waals surface area contributed by atoms with Crippen LogP contribution in [0.4, 0.5) is 10.1 Å². The van der Waals surface area contributed by atoms with Crippen LogP contribution in [-0.4, -0.2) is 25.7 Å². The minimum absolute atomic E-state index is 0.0102. The molecule has 0 spiro atoms. The van der Waals surface area contributed by atoms with Gasteiger partial charge in [0.25, 0.3) is 0 Å². The molecule has 2 saturated carbocycles. The van der Waals surface area contributed by atoms with Crippen LogP contribution >= 0.6 is 35.0 Å². The molecule has 1 heterocycles. The average Bonchev–Trinajstić information content (AvgIpc) is 3.71. The van der Waals surface area contributed by atoms with E-state index >= 15 is 4.39 Å². The first-order valence-corrected chi connectivity index (χ1v) is 14.4. The Morgan fingerprint density at radius 2 is 1.71 bits per heavy atom. The second-order valence-corrected chi connectivity index (χ2v) is 12.5. The molecule has 7 heteroatoms. The summed E-state index contributed by atoms with van der Waals surface area (Å²) in [6.07, 6.45) is 9.06. The summed E-state index contributed by atoms with van der Waals surface area (Å²) >= 11 is 14.6. The van der Waals surface area contributed by atoms with Crippen LogP contribution in [0.15, 0.2) is 41.3 Å². The number of thioether (sulfide) groups is 1. The van der Waals surface area contributed by atoms with Gasteiger partial charge >= 0.3 is 0 Å². The zero-order chi connectivity index (χ0) is 24.4. The Morgan fingerprint density at radius 3 is 2.34 bits per heavy atom. The van der Waals surface area contributed by atoms with Gasteiger partial charge in [0.05, 0.1) is 15.5 Å². The topological polar surface area (TPSA) is 29.5 Å². The van der Waals surface area contributed by atoms with Gasteiger partial charge in [-0.25, -0.2) is 4.39 Å². The zero-order valence-corrected chi connectivity index (χ0v) is 22.2. The Kier molecular flexibility index (Phi) is 7.98. The molecule has 35 heavy (non-hydrogen) atoms. The van der Waals surface area contributed by atoms with E-state index in [2.05, 4.69) is 0 Å². The molecular formula is C28H32Cl2FNO2S. The summed E-state index contributed by atoms with van der Waals surface area (Å²) in [4.78, 5) is 16.0. The van der Waals surface area contributed by atoms with Crippen molar-refractivity contribution in [3.8, 4) is 0 Å². The third-order valence-electron chi connectivity index (χ3n) is 7.60. The molecule has 2 aliphatic carbocycles. The Hall–Kier alpha value is -1.27. The number of hydrogen-bond donors (Lipinski definition) is 0. The summed E-state index contributed by atoms with van der Waals surface area (Å²) in [7, 11) is 0. The largest absolute Gasteiger partial charge is 0.381 e. The highest BCUT2D eigenvalue weighted by atomic mass is 35.5. The van der Waals surface area contributed by atoms with Crippen molar-refractivity contribution in [3.63, 3.8) is 0 Å². The third-order valence-corrected chi connectivity index (χ3v) is 9.68. The van der Waals surface area contributed by atoms with Crippen LogP contribution in [0, 0.1) is 17.7 Å². The quantitative estimate of drug-likeness (QED) is 0.357. The molecule has 188 valence electrons. The van der Waals surface area contributed by atoms with E-state index in [0.29, 0.717) is 35.7 Å². The molecule has 3 fully saturated rings. The van der Waals surface area contributed by atoms with E-state index < -0.39 is 5.82 Å². The number of benzene rings is 2. The predicted molar refractivity (Wildman–Crippen MR) is 142 cm³/mol. The Bertz CT molecular complexity index is 1020. The van der Waals surface area contributed by atoms with Crippen molar-refractivity contribution in [3.05, 3.63) is 57.8 Å². The Morgan fingerprint density at radius 1 is 1.03 bits per heavy atom. The second kappa shape index (κ2) is 11.0. The molecule has 0 N–H and O–H groups in total. The maximum absolute atomic E-state index is 15.9. The molecule has 2 aromatic carbocycles. The minimum atomic E-state index is -0.403. The molecule has 3 nitrogen and oxygen atoms in total. The van der Waals surface area contributed by atoms with Gasteiger partial charge in [0.15, 0.2) is 0 Å². The number of carbonyl (C=O) groups excluding carboxylic acids is 1. The minimum Gasteiger partial charge on any atom is -0.381 e. The lowest BCUT2D eigenvalue weighted by molar-refractivity contribution is -0.120. The first kappa shape index (κ1) is 25.4. The van der Waals surface area contributed by atoms with Crippen LogP contribution in [0.3, 0.4) is 0 Å². The summed E-state index contributed by atoms with van der Waals surface area (Å²) in [5.41, 5.74) is 1.11. The lowest BCUT2D eigenvalue weighted by Gasteiger charge is -2.38. The van der Waals surface area contributed by atoms with Gasteiger partial charge in [-0.15, -0.1) is 11.8 Å². The fraction of sp³-hybridized carbons (Fsp3) is 0.536. The molecule has 0 aromatic heterocycles. The van der Waals surface area contributed by atoms with Crippen LogP contribution in [-0.2, 0) is 14.3 Å². The number of nitrogens with zero attached hydrogens (tertiary/aromatic N) is 1. The van der Waals surface area contributed by atoms with Crippen molar-refractivity contribution in [2.24, 2.45) is 11.8 Å². The maximum Gasteiger partial charge on any atom is 0.230 e. The van der Waals surface area contributed by atoms with E-state index in [9.17, 15) is 4.79 Å². The van der Waals surface area contributed by atoms with Gasteiger partial charge in [-0.05, 0) is 86.4 Å². The van der Waals surface area contributed by atoms with E-state index in [1.807, 2.05) is 30.3 Å². The van der Waals surface area contributed by atoms with Gasteiger partial charge in [0, 0.05) is 35.6 Å². The van der Waals surface area contributed by atoms with E-state index in [1.165, 1.54) is 19.3 Å². The summed E-state index contributed by atoms with van der Waals surface area (Å²) in [5, 5.41) is 1.01. The van der Waals surface area contributed by atoms with Gasteiger partial charge in [-0.1, -0.05) is 42.5 Å². The number of ether oxygens (including phenoxy) is 1. The SMILES string of the molecule is O=C(C1CC1)N(CC1CCCCC1)c1c(F)cc(C2(Sc3ccc(Cl)cc3)CCOCC2)cc1Cl. The molecule has 1 amide bonds. The van der Waals surface area contributed by atoms with Crippen LogP contribution in [0.2, 0.25) is 10.0 Å². The maximum atomic E-state index is 15.9. The average molecular weight is 537 g/mol. The first-order valence-electron chi connectivity index (χ1n) is 12.8. The van der Waals surface area contributed by atoms with Crippen molar-refractivity contribution < 1.29 is 13.9 Å². The van der Waals surface area contributed by atoms with Gasteiger partial charge in [-0.2, -0.15) is 0 Å². The molecule has 1 aliphatic heterocycles. The highest BCUT2D eigenvalue weighted by molar-refractivity contribution is 8.00. The van der Waals surface area contributed by atoms with Crippen LogP contribution in [0.1, 0.15) is 63.4 Å². The summed E-state index contributed by atoms with van der Waals surface area (Å²) in [6, 6.07) is 11.2.